The molecule has 1 saturated heterocycles. The molecule has 0 aliphatic carbocycles. The summed E-state index contributed by atoms with van der Waals surface area (Å²) < 4.78 is 7.91. The summed E-state index contributed by atoms with van der Waals surface area (Å²) in [7, 11) is 0. The average molecular weight is 273 g/mol. The molecule has 1 fully saturated rings. The summed E-state index contributed by atoms with van der Waals surface area (Å²) in [6.45, 7) is 8.86. The van der Waals surface area contributed by atoms with Gasteiger partial charge >= 0.3 is 0 Å². The highest BCUT2D eigenvalue weighted by atomic mass is 16.5. The van der Waals surface area contributed by atoms with Crippen LogP contribution in [0.4, 0.5) is 0 Å². The molecule has 0 saturated carbocycles. The summed E-state index contributed by atoms with van der Waals surface area (Å²) in [5.74, 6) is 1.56. The van der Waals surface area contributed by atoms with E-state index in [4.69, 9.17) is 15.5 Å². The van der Waals surface area contributed by atoms with E-state index in [-0.39, 0.29) is 5.54 Å². The maximum Gasteiger partial charge on any atom is 0.115 e. The Labute approximate surface area is 119 Å². The Balaban J connectivity index is 2.21. The number of ether oxygens (including phenoxy) is 1. The maximum absolute atomic E-state index is 5.74. The summed E-state index contributed by atoms with van der Waals surface area (Å²) in [5, 5.41) is 0. The topological polar surface area (TPSA) is 53.1 Å². The Morgan fingerprint density at radius 2 is 2.20 bits per heavy atom. The number of rotatable bonds is 2. The van der Waals surface area contributed by atoms with Gasteiger partial charge in [0.05, 0.1) is 17.6 Å². The maximum atomic E-state index is 5.74. The van der Waals surface area contributed by atoms with Crippen LogP contribution < -0.4 is 5.73 Å². The van der Waals surface area contributed by atoms with E-state index in [9.17, 15) is 0 Å². The van der Waals surface area contributed by atoms with Crippen LogP contribution in [-0.4, -0.2) is 22.8 Å². The normalized spacial score (nSPS) is 19.9. The molecule has 1 aliphatic rings. The highest BCUT2D eigenvalue weighted by molar-refractivity contribution is 5.77. The van der Waals surface area contributed by atoms with E-state index in [0.29, 0.717) is 12.5 Å². The van der Waals surface area contributed by atoms with Gasteiger partial charge in [-0.2, -0.15) is 0 Å². The fourth-order valence-electron chi connectivity index (χ4n) is 2.99. The fourth-order valence-corrected chi connectivity index (χ4v) is 2.99. The molecule has 108 valence electrons. The van der Waals surface area contributed by atoms with Crippen LogP contribution in [0.3, 0.4) is 0 Å². The molecule has 1 aromatic carbocycles. The zero-order chi connectivity index (χ0) is 14.3. The molecule has 2 N–H and O–H groups in total. The van der Waals surface area contributed by atoms with Gasteiger partial charge in [-0.15, -0.1) is 0 Å². The lowest BCUT2D eigenvalue weighted by molar-refractivity contribution is 0.192. The van der Waals surface area contributed by atoms with E-state index in [0.717, 1.165) is 36.5 Å². The highest BCUT2D eigenvalue weighted by Crippen LogP contribution is 2.33. The van der Waals surface area contributed by atoms with Crippen LogP contribution >= 0.6 is 0 Å². The van der Waals surface area contributed by atoms with Gasteiger partial charge in [-0.25, -0.2) is 4.98 Å². The molecule has 4 nitrogen and oxygen atoms in total. The SMILES string of the molecule is CC(C)(C)n1c(C2CCOC2)nc2cc(CN)ccc21. The standard InChI is InChI=1S/C16H23N3O/c1-16(2,3)19-14-5-4-11(9-17)8-13(14)18-15(19)12-6-7-20-10-12/h4-5,8,12H,6-7,9-10,17H2,1-3H3. The van der Waals surface area contributed by atoms with Gasteiger partial charge < -0.3 is 15.0 Å². The number of benzene rings is 1. The number of hydrogen-bond acceptors (Lipinski definition) is 3. The molecule has 0 bridgehead atoms. The Morgan fingerprint density at radius 1 is 1.40 bits per heavy atom. The van der Waals surface area contributed by atoms with Crippen molar-refractivity contribution in [2.24, 2.45) is 5.73 Å². The number of nitrogens with zero attached hydrogens (tertiary/aromatic N) is 2. The number of hydrogen-bond donors (Lipinski definition) is 1. The molecule has 0 spiro atoms. The molecule has 2 aromatic rings. The van der Waals surface area contributed by atoms with E-state index in [2.05, 4.69) is 43.5 Å². The lowest BCUT2D eigenvalue weighted by Crippen LogP contribution is -2.25. The third kappa shape index (κ3) is 2.23. The molecule has 1 aliphatic heterocycles. The Hall–Kier alpha value is -1.39. The molecule has 2 heterocycles. The highest BCUT2D eigenvalue weighted by Gasteiger charge is 2.28. The summed E-state index contributed by atoms with van der Waals surface area (Å²) in [4.78, 5) is 4.90. The summed E-state index contributed by atoms with van der Waals surface area (Å²) in [5.41, 5.74) is 9.12. The van der Waals surface area contributed by atoms with Crippen LogP contribution in [0, 0.1) is 0 Å². The second-order valence-corrected chi connectivity index (χ2v) is 6.56. The van der Waals surface area contributed by atoms with Crippen molar-refractivity contribution >= 4 is 11.0 Å². The Morgan fingerprint density at radius 3 is 2.80 bits per heavy atom. The lowest BCUT2D eigenvalue weighted by Gasteiger charge is -2.26. The van der Waals surface area contributed by atoms with Crippen LogP contribution in [0.25, 0.3) is 11.0 Å². The van der Waals surface area contributed by atoms with Gasteiger partial charge in [-0.1, -0.05) is 6.07 Å². The second kappa shape index (κ2) is 4.86. The first kappa shape index (κ1) is 13.6. The van der Waals surface area contributed by atoms with Crippen LogP contribution in [0.1, 0.15) is 44.5 Å². The Bertz CT molecular complexity index is 618. The fraction of sp³-hybridized carbons (Fsp3) is 0.562. The second-order valence-electron chi connectivity index (χ2n) is 6.56. The van der Waals surface area contributed by atoms with Gasteiger partial charge in [0.25, 0.3) is 0 Å². The first-order valence-electron chi connectivity index (χ1n) is 7.30. The molecule has 0 radical (unpaired) electrons. The summed E-state index contributed by atoms with van der Waals surface area (Å²) >= 11 is 0. The Kier molecular flexibility index (Phi) is 3.30. The molecular weight excluding hydrogens is 250 g/mol. The van der Waals surface area contributed by atoms with Crippen molar-refractivity contribution in [1.29, 1.82) is 0 Å². The molecule has 3 rings (SSSR count). The van der Waals surface area contributed by atoms with Crippen molar-refractivity contribution in [3.8, 4) is 0 Å². The molecular formula is C16H23N3O. The molecule has 1 atom stereocenters. The minimum atomic E-state index is 0.0108. The molecule has 4 heteroatoms. The summed E-state index contributed by atoms with van der Waals surface area (Å²) in [6.07, 6.45) is 1.06. The zero-order valence-electron chi connectivity index (χ0n) is 12.5. The first-order valence-corrected chi connectivity index (χ1v) is 7.30. The van der Waals surface area contributed by atoms with Crippen molar-refractivity contribution < 1.29 is 4.74 Å². The van der Waals surface area contributed by atoms with Gasteiger partial charge in [-0.05, 0) is 44.9 Å². The smallest absolute Gasteiger partial charge is 0.115 e. The van der Waals surface area contributed by atoms with E-state index >= 15 is 0 Å². The molecule has 0 amide bonds. The van der Waals surface area contributed by atoms with E-state index in [1.165, 1.54) is 5.52 Å². The largest absolute Gasteiger partial charge is 0.381 e. The monoisotopic (exact) mass is 273 g/mol. The third-order valence-corrected chi connectivity index (χ3v) is 3.95. The van der Waals surface area contributed by atoms with Crippen molar-refractivity contribution in [1.82, 2.24) is 9.55 Å². The number of fused-ring (bicyclic) bond motifs is 1. The predicted octanol–water partition coefficient (Wildman–Crippen LogP) is 2.75. The minimum absolute atomic E-state index is 0.0108. The van der Waals surface area contributed by atoms with Gasteiger partial charge in [0.1, 0.15) is 5.82 Å². The first-order chi connectivity index (χ1) is 9.50. The van der Waals surface area contributed by atoms with Crippen molar-refractivity contribution in [2.75, 3.05) is 13.2 Å². The summed E-state index contributed by atoms with van der Waals surface area (Å²) in [6, 6.07) is 6.35. The number of aromatic nitrogens is 2. The minimum Gasteiger partial charge on any atom is -0.381 e. The van der Waals surface area contributed by atoms with Crippen LogP contribution in [0.15, 0.2) is 18.2 Å². The van der Waals surface area contributed by atoms with Gasteiger partial charge in [0.15, 0.2) is 0 Å². The van der Waals surface area contributed by atoms with Crippen LogP contribution in [-0.2, 0) is 16.8 Å². The van der Waals surface area contributed by atoms with Crippen molar-refractivity contribution in [3.05, 3.63) is 29.6 Å². The van der Waals surface area contributed by atoms with E-state index in [1.807, 2.05) is 0 Å². The van der Waals surface area contributed by atoms with Crippen molar-refractivity contribution in [3.63, 3.8) is 0 Å². The van der Waals surface area contributed by atoms with Crippen LogP contribution in [0.5, 0.6) is 0 Å². The quantitative estimate of drug-likeness (QED) is 0.915. The molecule has 20 heavy (non-hydrogen) atoms. The van der Waals surface area contributed by atoms with Gasteiger partial charge in [0, 0.05) is 24.6 Å². The molecule has 1 aromatic heterocycles. The van der Waals surface area contributed by atoms with Gasteiger partial charge in [-0.3, -0.25) is 0 Å². The zero-order valence-corrected chi connectivity index (χ0v) is 12.5. The lowest BCUT2D eigenvalue weighted by atomic mass is 10.0. The van der Waals surface area contributed by atoms with E-state index in [1.54, 1.807) is 0 Å². The predicted molar refractivity (Wildman–Crippen MR) is 80.8 cm³/mol. The number of nitrogens with two attached hydrogens (primary N) is 1. The van der Waals surface area contributed by atoms with Crippen molar-refractivity contribution in [2.45, 2.75) is 45.2 Å². The van der Waals surface area contributed by atoms with E-state index < -0.39 is 0 Å². The van der Waals surface area contributed by atoms with Gasteiger partial charge in [0.2, 0.25) is 0 Å². The number of imidazole rings is 1. The molecule has 1 unspecified atom stereocenters. The van der Waals surface area contributed by atoms with Crippen LogP contribution in [0.2, 0.25) is 0 Å². The average Bonchev–Trinajstić information content (AvgIpc) is 3.03. The third-order valence-electron chi connectivity index (χ3n) is 3.95.